The van der Waals surface area contributed by atoms with Crippen molar-refractivity contribution in [2.45, 2.75) is 27.3 Å². The van der Waals surface area contributed by atoms with E-state index < -0.39 is 0 Å². The van der Waals surface area contributed by atoms with Crippen LogP contribution >= 0.6 is 0 Å². The molecular weight excluding hydrogens is 192 g/mol. The second-order valence-corrected chi connectivity index (χ2v) is 4.13. The van der Waals surface area contributed by atoms with E-state index in [4.69, 9.17) is 4.42 Å². The van der Waals surface area contributed by atoms with Crippen molar-refractivity contribution in [1.29, 1.82) is 0 Å². The molecule has 1 atom stereocenters. The van der Waals surface area contributed by atoms with Crippen LogP contribution in [0.2, 0.25) is 0 Å². The van der Waals surface area contributed by atoms with Crippen molar-refractivity contribution in [1.82, 2.24) is 15.5 Å². The Morgan fingerprint density at radius 1 is 1.27 bits per heavy atom. The van der Waals surface area contributed by atoms with Crippen LogP contribution < -0.4 is 10.6 Å². The number of nitrogens with zero attached hydrogens (tertiary/aromatic N) is 2. The van der Waals surface area contributed by atoms with Crippen molar-refractivity contribution < 1.29 is 4.42 Å². The molecule has 0 radical (unpaired) electrons. The summed E-state index contributed by atoms with van der Waals surface area (Å²) in [5, 5.41) is 13.9. The zero-order chi connectivity index (χ0) is 11.3. The summed E-state index contributed by atoms with van der Waals surface area (Å²) in [4.78, 5) is 0. The summed E-state index contributed by atoms with van der Waals surface area (Å²) in [6.45, 7) is 8.06. The highest BCUT2D eigenvalue weighted by Gasteiger charge is 2.09. The quantitative estimate of drug-likeness (QED) is 0.748. The van der Waals surface area contributed by atoms with Crippen molar-refractivity contribution >= 4 is 6.01 Å². The van der Waals surface area contributed by atoms with Crippen molar-refractivity contribution in [3.05, 3.63) is 5.89 Å². The molecule has 0 aliphatic carbocycles. The number of rotatable bonds is 6. The molecule has 0 amide bonds. The highest BCUT2D eigenvalue weighted by Crippen LogP contribution is 2.11. The van der Waals surface area contributed by atoms with E-state index in [-0.39, 0.29) is 0 Å². The lowest BCUT2D eigenvalue weighted by Crippen LogP contribution is -2.16. The van der Waals surface area contributed by atoms with E-state index in [0.717, 1.165) is 6.54 Å². The van der Waals surface area contributed by atoms with Gasteiger partial charge in [0.25, 0.3) is 0 Å². The van der Waals surface area contributed by atoms with Gasteiger partial charge < -0.3 is 15.1 Å². The van der Waals surface area contributed by atoms with Crippen LogP contribution in [0.4, 0.5) is 6.01 Å². The summed E-state index contributed by atoms with van der Waals surface area (Å²) in [5.41, 5.74) is 0. The van der Waals surface area contributed by atoms with E-state index >= 15 is 0 Å². The van der Waals surface area contributed by atoms with Gasteiger partial charge in [-0.25, -0.2) is 0 Å². The van der Waals surface area contributed by atoms with Gasteiger partial charge in [0.1, 0.15) is 0 Å². The van der Waals surface area contributed by atoms with E-state index in [0.29, 0.717) is 30.3 Å². The summed E-state index contributed by atoms with van der Waals surface area (Å²) in [7, 11) is 1.85. The van der Waals surface area contributed by atoms with E-state index in [9.17, 15) is 0 Å². The predicted molar refractivity (Wildman–Crippen MR) is 59.6 cm³/mol. The third-order valence-electron chi connectivity index (χ3n) is 2.51. The van der Waals surface area contributed by atoms with Gasteiger partial charge in [-0.15, -0.1) is 5.10 Å². The van der Waals surface area contributed by atoms with Crippen LogP contribution in [0, 0.1) is 11.8 Å². The summed E-state index contributed by atoms with van der Waals surface area (Å²) >= 11 is 0. The topological polar surface area (TPSA) is 63.0 Å². The van der Waals surface area contributed by atoms with E-state index in [1.807, 2.05) is 7.05 Å². The number of anilines is 1. The first-order chi connectivity index (χ1) is 7.13. The normalized spacial score (nSPS) is 13.1. The van der Waals surface area contributed by atoms with Crippen molar-refractivity contribution in [2.75, 3.05) is 18.9 Å². The molecule has 0 saturated carbocycles. The molecule has 0 saturated heterocycles. The van der Waals surface area contributed by atoms with Crippen LogP contribution in [0.1, 0.15) is 26.7 Å². The van der Waals surface area contributed by atoms with Crippen LogP contribution in [0.15, 0.2) is 4.42 Å². The van der Waals surface area contributed by atoms with Gasteiger partial charge in [-0.05, 0) is 18.9 Å². The first-order valence-corrected chi connectivity index (χ1v) is 5.34. The monoisotopic (exact) mass is 212 g/mol. The molecule has 1 rings (SSSR count). The fourth-order valence-electron chi connectivity index (χ4n) is 1.03. The van der Waals surface area contributed by atoms with Gasteiger partial charge in [-0.2, -0.15) is 0 Å². The fourth-order valence-corrected chi connectivity index (χ4v) is 1.03. The van der Waals surface area contributed by atoms with Gasteiger partial charge in [0.15, 0.2) is 0 Å². The van der Waals surface area contributed by atoms with Gasteiger partial charge in [-0.1, -0.05) is 25.9 Å². The molecule has 1 aromatic heterocycles. The smallest absolute Gasteiger partial charge is 0.315 e. The van der Waals surface area contributed by atoms with E-state index in [2.05, 4.69) is 41.6 Å². The highest BCUT2D eigenvalue weighted by molar-refractivity contribution is 5.16. The minimum Gasteiger partial charge on any atom is -0.407 e. The van der Waals surface area contributed by atoms with Gasteiger partial charge in [0.2, 0.25) is 5.89 Å². The molecule has 5 heteroatoms. The lowest BCUT2D eigenvalue weighted by atomic mass is 9.98. The molecule has 1 heterocycles. The lowest BCUT2D eigenvalue weighted by Gasteiger charge is -2.14. The van der Waals surface area contributed by atoms with Gasteiger partial charge in [0.05, 0.1) is 6.54 Å². The molecule has 86 valence electrons. The molecule has 0 bridgehead atoms. The Hall–Kier alpha value is -1.10. The number of aromatic nitrogens is 2. The summed E-state index contributed by atoms with van der Waals surface area (Å²) in [6.07, 6.45) is 0. The summed E-state index contributed by atoms with van der Waals surface area (Å²) < 4.78 is 5.36. The third-order valence-corrected chi connectivity index (χ3v) is 2.51. The summed E-state index contributed by atoms with van der Waals surface area (Å²) in [5.74, 6) is 1.85. The van der Waals surface area contributed by atoms with Crippen LogP contribution in [0.5, 0.6) is 0 Å². The highest BCUT2D eigenvalue weighted by atomic mass is 16.4. The van der Waals surface area contributed by atoms with Crippen LogP contribution in [0.25, 0.3) is 0 Å². The Morgan fingerprint density at radius 2 is 2.00 bits per heavy atom. The summed E-state index contributed by atoms with van der Waals surface area (Å²) in [6, 6.07) is 0.507. The molecule has 0 aliphatic heterocycles. The average molecular weight is 212 g/mol. The van der Waals surface area contributed by atoms with Crippen LogP contribution in [-0.4, -0.2) is 23.8 Å². The Kier molecular flexibility index (Phi) is 4.55. The molecule has 1 unspecified atom stereocenters. The maximum Gasteiger partial charge on any atom is 0.315 e. The average Bonchev–Trinajstić information content (AvgIpc) is 2.62. The SMILES string of the molecule is CNCc1nnc(NCC(C)C(C)C)o1. The minimum absolute atomic E-state index is 0.507. The van der Waals surface area contributed by atoms with Gasteiger partial charge in [-0.3, -0.25) is 0 Å². The number of hydrogen-bond acceptors (Lipinski definition) is 5. The van der Waals surface area contributed by atoms with Gasteiger partial charge >= 0.3 is 6.01 Å². The molecule has 0 fully saturated rings. The molecular formula is C10H20N4O. The molecule has 15 heavy (non-hydrogen) atoms. The maximum absolute atomic E-state index is 5.36. The fraction of sp³-hybridized carbons (Fsp3) is 0.800. The van der Waals surface area contributed by atoms with Crippen molar-refractivity contribution in [2.24, 2.45) is 11.8 Å². The molecule has 2 N–H and O–H groups in total. The van der Waals surface area contributed by atoms with Crippen LogP contribution in [0.3, 0.4) is 0 Å². The first kappa shape index (κ1) is 12.0. The standard InChI is InChI=1S/C10H20N4O/c1-7(2)8(3)5-12-10-14-13-9(15-10)6-11-4/h7-8,11H,5-6H2,1-4H3,(H,12,14). The Balaban J connectivity index is 2.37. The largest absolute Gasteiger partial charge is 0.407 e. The Bertz CT molecular complexity index is 285. The Morgan fingerprint density at radius 3 is 2.60 bits per heavy atom. The van der Waals surface area contributed by atoms with Crippen LogP contribution in [-0.2, 0) is 6.54 Å². The van der Waals surface area contributed by atoms with Crippen molar-refractivity contribution in [3.63, 3.8) is 0 Å². The Labute approximate surface area is 90.7 Å². The molecule has 5 nitrogen and oxygen atoms in total. The second-order valence-electron chi connectivity index (χ2n) is 4.13. The zero-order valence-corrected chi connectivity index (χ0v) is 9.87. The maximum atomic E-state index is 5.36. The first-order valence-electron chi connectivity index (χ1n) is 5.34. The minimum atomic E-state index is 0.507. The van der Waals surface area contributed by atoms with E-state index in [1.54, 1.807) is 0 Å². The van der Waals surface area contributed by atoms with Crippen molar-refractivity contribution in [3.8, 4) is 0 Å². The van der Waals surface area contributed by atoms with Gasteiger partial charge in [0, 0.05) is 6.54 Å². The lowest BCUT2D eigenvalue weighted by molar-refractivity contribution is 0.429. The number of nitrogens with one attached hydrogen (secondary N) is 2. The van der Waals surface area contributed by atoms with E-state index in [1.165, 1.54) is 0 Å². The molecule has 0 aromatic carbocycles. The molecule has 1 aromatic rings. The molecule has 0 aliphatic rings. The molecule has 0 spiro atoms. The predicted octanol–water partition coefficient (Wildman–Crippen LogP) is 1.49. The zero-order valence-electron chi connectivity index (χ0n) is 9.87. The number of hydrogen-bond donors (Lipinski definition) is 2. The second kappa shape index (κ2) is 5.70. The third kappa shape index (κ3) is 3.87.